The van der Waals surface area contributed by atoms with Crippen LogP contribution in [0.4, 0.5) is 0 Å². The number of nitrogens with one attached hydrogen (secondary N) is 3. The van der Waals surface area contributed by atoms with Crippen LogP contribution in [-0.2, 0) is 43.9 Å². The molecule has 4 unspecified atom stereocenters. The Morgan fingerprint density at radius 3 is 2.21 bits per heavy atom. The number of aryl methyl sites for hydroxylation is 1. The van der Waals surface area contributed by atoms with Gasteiger partial charge in [-0.15, -0.1) is 0 Å². The van der Waals surface area contributed by atoms with Gasteiger partial charge >= 0.3 is 5.69 Å². The Morgan fingerprint density at radius 1 is 0.788 bits per heavy atom. The van der Waals surface area contributed by atoms with E-state index in [2.05, 4.69) is 19.9 Å². The minimum Gasteiger partial charge on any atom is -0.392 e. The summed E-state index contributed by atoms with van der Waals surface area (Å²) < 4.78 is 45.0. The molecule has 3 heterocycles. The van der Waals surface area contributed by atoms with E-state index in [9.17, 15) is 23.1 Å². The molecule has 2 aliphatic heterocycles. The molecule has 0 bridgehead atoms. The zero-order valence-corrected chi connectivity index (χ0v) is 37.7. The van der Waals surface area contributed by atoms with Gasteiger partial charge in [0.25, 0.3) is 0 Å². The fraction of sp³-hybridized carbons (Fsp3) is 0.283. The summed E-state index contributed by atoms with van der Waals surface area (Å²) in [5.74, 6) is -0.435. The molecule has 4 N–H and O–H groups in total. The van der Waals surface area contributed by atoms with E-state index >= 15 is 0 Å². The molecule has 66 heavy (non-hydrogen) atoms. The summed E-state index contributed by atoms with van der Waals surface area (Å²) >= 11 is 0. The minimum absolute atomic E-state index is 0.0342. The number of imidazole rings is 1. The molecular weight excluding hydrogens is 851 g/mol. The quantitative estimate of drug-likeness (QED) is 0.0811. The van der Waals surface area contributed by atoms with Gasteiger partial charge in [-0.05, 0) is 83.8 Å². The Morgan fingerprint density at radius 2 is 1.47 bits per heavy atom. The average molecular weight is 906 g/mol. The number of aromatic amines is 1. The van der Waals surface area contributed by atoms with Crippen LogP contribution >= 0.6 is 0 Å². The van der Waals surface area contributed by atoms with Gasteiger partial charge in [-0.25, -0.2) is 13.2 Å². The van der Waals surface area contributed by atoms with Crippen molar-refractivity contribution in [3.63, 3.8) is 0 Å². The van der Waals surface area contributed by atoms with Gasteiger partial charge in [-0.2, -0.15) is 4.72 Å². The molecule has 7 aromatic rings. The Hall–Kier alpha value is -6.19. The number of carbonyl (C=O) groups excluding carboxylic acids is 1. The highest BCUT2D eigenvalue weighted by Crippen LogP contribution is 2.39. The van der Waals surface area contributed by atoms with Crippen LogP contribution in [0.15, 0.2) is 161 Å². The Balaban J connectivity index is 0.890. The van der Waals surface area contributed by atoms with Crippen LogP contribution in [-0.4, -0.2) is 65.7 Å². The zero-order chi connectivity index (χ0) is 45.6. The van der Waals surface area contributed by atoms with Crippen LogP contribution in [0, 0.1) is 6.92 Å². The van der Waals surface area contributed by atoms with E-state index in [1.54, 1.807) is 24.3 Å². The summed E-state index contributed by atoms with van der Waals surface area (Å²) in [5, 5.41) is 12.7. The monoisotopic (exact) mass is 905 g/mol. The van der Waals surface area contributed by atoms with Crippen molar-refractivity contribution in [2.45, 2.75) is 81.2 Å². The summed E-state index contributed by atoms with van der Waals surface area (Å²) in [6.07, 6.45) is 1.54. The van der Waals surface area contributed by atoms with Crippen molar-refractivity contribution in [3.8, 4) is 11.1 Å². The van der Waals surface area contributed by atoms with Gasteiger partial charge in [0.15, 0.2) is 6.29 Å². The summed E-state index contributed by atoms with van der Waals surface area (Å²) in [5.41, 5.74) is 8.95. The maximum absolute atomic E-state index is 13.9. The molecule has 4 atom stereocenters. The van der Waals surface area contributed by atoms with E-state index in [4.69, 9.17) is 9.47 Å². The lowest BCUT2D eigenvalue weighted by Crippen LogP contribution is -2.47. The van der Waals surface area contributed by atoms with E-state index in [0.29, 0.717) is 6.42 Å². The number of aliphatic hydroxyl groups excluding tert-OH is 1. The number of carbonyl (C=O) groups is 1. The van der Waals surface area contributed by atoms with Crippen LogP contribution in [0.25, 0.3) is 22.2 Å². The summed E-state index contributed by atoms with van der Waals surface area (Å²) in [6, 6.07) is 46.6. The predicted octanol–water partition coefficient (Wildman–Crippen LogP) is 7.89. The molecular formula is C53H55N5O7S. The number of ether oxygens (including phenoxy) is 2. The third-order valence-corrected chi connectivity index (χ3v) is 14.3. The van der Waals surface area contributed by atoms with Crippen LogP contribution in [0.1, 0.15) is 71.1 Å². The molecule has 12 nitrogen and oxygen atoms in total. The molecule has 2 aliphatic rings. The number of amides is 1. The second kappa shape index (κ2) is 20.1. The fourth-order valence-electron chi connectivity index (χ4n) is 9.21. The number of benzene rings is 6. The molecule has 0 radical (unpaired) electrons. The molecule has 2 saturated heterocycles. The number of likely N-dealkylation sites (tertiary alicyclic amines) is 1. The van der Waals surface area contributed by atoms with E-state index < -0.39 is 28.3 Å². The number of hydrogen-bond acceptors (Lipinski definition) is 8. The lowest BCUT2D eigenvalue weighted by molar-refractivity contribution is -0.253. The molecule has 13 heteroatoms. The first-order valence-electron chi connectivity index (χ1n) is 22.6. The highest BCUT2D eigenvalue weighted by atomic mass is 32.2. The predicted molar refractivity (Wildman–Crippen MR) is 255 cm³/mol. The molecule has 6 aromatic carbocycles. The third-order valence-electron chi connectivity index (χ3n) is 12.8. The number of rotatable bonds is 15. The third kappa shape index (κ3) is 10.4. The molecule has 9 rings (SSSR count). The Kier molecular flexibility index (Phi) is 13.7. The molecule has 2 fully saturated rings. The van der Waals surface area contributed by atoms with Gasteiger partial charge in [-0.3, -0.25) is 9.36 Å². The van der Waals surface area contributed by atoms with E-state index in [1.807, 2.05) is 139 Å². The topological polar surface area (TPSA) is 155 Å². The van der Waals surface area contributed by atoms with E-state index in [1.165, 1.54) is 0 Å². The Labute approximate surface area is 385 Å². The van der Waals surface area contributed by atoms with Gasteiger partial charge in [0.05, 0.1) is 34.7 Å². The summed E-state index contributed by atoms with van der Waals surface area (Å²) in [7, 11) is -3.99. The molecule has 1 aromatic heterocycles. The lowest BCUT2D eigenvalue weighted by Gasteiger charge is -2.40. The van der Waals surface area contributed by atoms with E-state index in [0.717, 1.165) is 88.0 Å². The highest BCUT2D eigenvalue weighted by Gasteiger charge is 2.35. The number of fused-ring (bicyclic) bond motifs is 1. The first kappa shape index (κ1) is 45.0. The van der Waals surface area contributed by atoms with Crippen LogP contribution < -0.4 is 15.7 Å². The van der Waals surface area contributed by atoms with Crippen LogP contribution in [0.3, 0.4) is 0 Å². The smallest absolute Gasteiger partial charge is 0.326 e. The summed E-state index contributed by atoms with van der Waals surface area (Å²) in [4.78, 5) is 32.4. The van der Waals surface area contributed by atoms with Crippen molar-refractivity contribution in [3.05, 3.63) is 196 Å². The minimum atomic E-state index is -3.99. The second-order valence-corrected chi connectivity index (χ2v) is 19.1. The van der Waals surface area contributed by atoms with Crippen molar-refractivity contribution < 1.29 is 27.8 Å². The zero-order valence-electron chi connectivity index (χ0n) is 36.9. The van der Waals surface area contributed by atoms with Gasteiger partial charge in [0, 0.05) is 44.2 Å². The maximum atomic E-state index is 13.9. The van der Waals surface area contributed by atoms with Gasteiger partial charge < -0.3 is 29.8 Å². The number of sulfonamides is 1. The number of hydrogen-bond donors (Lipinski definition) is 4. The number of H-pyrrole nitrogens is 1. The molecule has 0 saturated carbocycles. The average Bonchev–Trinajstić information content (AvgIpc) is 3.69. The number of piperidine rings is 1. The van der Waals surface area contributed by atoms with Gasteiger partial charge in [-0.1, -0.05) is 133 Å². The fourth-order valence-corrected chi connectivity index (χ4v) is 10.4. The normalized spacial score (nSPS) is 18.8. The maximum Gasteiger partial charge on any atom is 0.326 e. The number of aliphatic hydroxyl groups is 1. The Bertz CT molecular complexity index is 2910. The molecule has 340 valence electrons. The van der Waals surface area contributed by atoms with Crippen molar-refractivity contribution in [2.75, 3.05) is 19.6 Å². The summed E-state index contributed by atoms with van der Waals surface area (Å²) in [6.45, 7) is 4.42. The standard InChI is InChI=1S/C53H55N5O7S/c1-36-15-25-45(26-16-36)66(62,63)56-48(31-37-9-3-2-4-10-37)51(60)54-33-42-11-5-6-12-46(42)39-21-23-41(24-22-39)52-64-44(32-50(65-52)40-19-17-38(35-59)18-20-40)34-57-29-27-43(28-30-57)58-49-14-8-7-13-47(49)55-53(58)61/h2-26,43-44,48,50,52,56,59H,27-35H2,1H3,(H,54,60)(H,55,61). The first-order valence-corrected chi connectivity index (χ1v) is 24.1. The van der Waals surface area contributed by atoms with Crippen molar-refractivity contribution >= 4 is 27.0 Å². The molecule has 0 spiro atoms. The molecule has 0 aliphatic carbocycles. The SMILES string of the molecule is Cc1ccc(S(=O)(=O)NC(Cc2ccccc2)C(=O)NCc2ccccc2-c2ccc(C3OC(CN4CCC(n5c(=O)[nH]c6ccccc65)CC4)CC(c4ccc(CO)cc4)O3)cc2)cc1. The largest absolute Gasteiger partial charge is 0.392 e. The van der Waals surface area contributed by atoms with Crippen molar-refractivity contribution in [1.82, 2.24) is 24.5 Å². The number of nitrogens with zero attached hydrogens (tertiary/aromatic N) is 2. The number of aromatic nitrogens is 2. The second-order valence-electron chi connectivity index (χ2n) is 17.4. The van der Waals surface area contributed by atoms with Crippen molar-refractivity contribution in [2.24, 2.45) is 0 Å². The van der Waals surface area contributed by atoms with E-state index in [-0.39, 0.29) is 48.4 Å². The van der Waals surface area contributed by atoms with Crippen LogP contribution in [0.2, 0.25) is 0 Å². The van der Waals surface area contributed by atoms with Crippen molar-refractivity contribution in [1.29, 1.82) is 0 Å². The number of para-hydroxylation sites is 2. The highest BCUT2D eigenvalue weighted by molar-refractivity contribution is 7.89. The van der Waals surface area contributed by atoms with Gasteiger partial charge in [0.2, 0.25) is 15.9 Å². The van der Waals surface area contributed by atoms with Crippen LogP contribution in [0.5, 0.6) is 0 Å². The van der Waals surface area contributed by atoms with Gasteiger partial charge in [0.1, 0.15) is 6.04 Å². The first-order chi connectivity index (χ1) is 32.1. The molecule has 1 amide bonds. The lowest BCUT2D eigenvalue weighted by atomic mass is 9.97.